The first-order valence-electron chi connectivity index (χ1n) is 9.62. The van der Waals surface area contributed by atoms with Gasteiger partial charge in [-0.25, -0.2) is 4.79 Å². The molecule has 2 aromatic carbocycles. The molecule has 0 radical (unpaired) electrons. The van der Waals surface area contributed by atoms with Crippen molar-refractivity contribution in [2.45, 2.75) is 45.7 Å². The van der Waals surface area contributed by atoms with Gasteiger partial charge in [-0.3, -0.25) is 14.5 Å². The summed E-state index contributed by atoms with van der Waals surface area (Å²) in [5.41, 5.74) is 0.0177. The van der Waals surface area contributed by atoms with Crippen LogP contribution in [0.5, 0.6) is 0 Å². The van der Waals surface area contributed by atoms with E-state index in [9.17, 15) is 14.4 Å². The van der Waals surface area contributed by atoms with Crippen molar-refractivity contribution in [3.63, 3.8) is 0 Å². The minimum atomic E-state index is -0.949. The number of carbonyl (C=O) groups excluding carboxylic acids is 3. The van der Waals surface area contributed by atoms with E-state index in [1.54, 1.807) is 6.92 Å². The molecule has 0 bridgehead atoms. The van der Waals surface area contributed by atoms with Crippen molar-refractivity contribution in [1.82, 2.24) is 15.5 Å². The van der Waals surface area contributed by atoms with Gasteiger partial charge in [0.05, 0.1) is 6.04 Å². The van der Waals surface area contributed by atoms with E-state index < -0.39 is 11.6 Å². The van der Waals surface area contributed by atoms with Gasteiger partial charge >= 0.3 is 6.03 Å². The number of urea groups is 1. The molecule has 2 aromatic rings. The molecule has 6 heteroatoms. The molecule has 0 saturated carbocycles. The molecule has 0 aliphatic carbocycles. The minimum Gasteiger partial charge on any atom is -0.348 e. The molecule has 1 aliphatic rings. The summed E-state index contributed by atoms with van der Waals surface area (Å²) in [5.74, 6) is -0.464. The van der Waals surface area contributed by atoms with Gasteiger partial charge in [0.2, 0.25) is 5.91 Å². The third-order valence-electron chi connectivity index (χ3n) is 5.11. The summed E-state index contributed by atoms with van der Waals surface area (Å²) in [6.45, 7) is 7.30. The van der Waals surface area contributed by atoms with Crippen LogP contribution in [0.4, 0.5) is 4.79 Å². The van der Waals surface area contributed by atoms with Gasteiger partial charge in [0.25, 0.3) is 5.91 Å². The fourth-order valence-corrected chi connectivity index (χ4v) is 3.84. The summed E-state index contributed by atoms with van der Waals surface area (Å²) in [6, 6.07) is 13.3. The van der Waals surface area contributed by atoms with E-state index in [0.717, 1.165) is 21.2 Å². The van der Waals surface area contributed by atoms with Crippen molar-refractivity contribution >= 4 is 28.6 Å². The first-order chi connectivity index (χ1) is 13.2. The van der Waals surface area contributed by atoms with Crippen LogP contribution in [0.25, 0.3) is 10.8 Å². The molecular formula is C22H27N3O3. The summed E-state index contributed by atoms with van der Waals surface area (Å²) in [5, 5.41) is 7.84. The van der Waals surface area contributed by atoms with E-state index in [0.29, 0.717) is 6.42 Å². The highest BCUT2D eigenvalue weighted by Crippen LogP contribution is 2.25. The number of hydrogen-bond donors (Lipinski definition) is 2. The maximum atomic E-state index is 12.7. The predicted octanol–water partition coefficient (Wildman–Crippen LogP) is 3.37. The van der Waals surface area contributed by atoms with Crippen LogP contribution < -0.4 is 10.6 Å². The predicted molar refractivity (Wildman–Crippen MR) is 109 cm³/mol. The molecule has 1 heterocycles. The minimum absolute atomic E-state index is 0.236. The number of rotatable bonds is 6. The molecular weight excluding hydrogens is 354 g/mol. The molecule has 0 spiro atoms. The van der Waals surface area contributed by atoms with Gasteiger partial charge in [-0.05, 0) is 48.6 Å². The van der Waals surface area contributed by atoms with E-state index in [4.69, 9.17) is 0 Å². The highest BCUT2D eigenvalue weighted by Gasteiger charge is 2.48. The second-order valence-electron chi connectivity index (χ2n) is 8.15. The van der Waals surface area contributed by atoms with E-state index >= 15 is 0 Å². The Bertz CT molecular complexity index is 924. The standard InChI is InChI=1S/C22H27N3O3/c1-14(2)12-22(4)20(27)25(21(28)24-22)13-19(26)23-15(3)17-10-9-16-7-5-6-8-18(16)11-17/h5-11,14-15H,12-13H2,1-4H3,(H,23,26)(H,24,28). The summed E-state index contributed by atoms with van der Waals surface area (Å²) >= 11 is 0. The van der Waals surface area contributed by atoms with Crippen LogP contribution >= 0.6 is 0 Å². The molecule has 0 aromatic heterocycles. The first kappa shape index (κ1) is 19.9. The molecule has 2 atom stereocenters. The Morgan fingerprint density at radius 3 is 2.46 bits per heavy atom. The maximum absolute atomic E-state index is 12.7. The lowest BCUT2D eigenvalue weighted by molar-refractivity contribution is -0.135. The lowest BCUT2D eigenvalue weighted by atomic mass is 9.91. The van der Waals surface area contributed by atoms with Crippen molar-refractivity contribution < 1.29 is 14.4 Å². The Hall–Kier alpha value is -2.89. The van der Waals surface area contributed by atoms with Crippen molar-refractivity contribution in [3.8, 4) is 0 Å². The Morgan fingerprint density at radius 2 is 1.79 bits per heavy atom. The van der Waals surface area contributed by atoms with Crippen LogP contribution in [-0.2, 0) is 9.59 Å². The third-order valence-corrected chi connectivity index (χ3v) is 5.11. The number of carbonyl (C=O) groups is 3. The van der Waals surface area contributed by atoms with Gasteiger partial charge in [-0.15, -0.1) is 0 Å². The number of fused-ring (bicyclic) bond motifs is 1. The van der Waals surface area contributed by atoms with E-state index in [-0.39, 0.29) is 30.3 Å². The highest BCUT2D eigenvalue weighted by molar-refractivity contribution is 6.08. The Morgan fingerprint density at radius 1 is 1.11 bits per heavy atom. The number of benzene rings is 2. The lowest BCUT2D eigenvalue weighted by Gasteiger charge is -2.23. The number of amides is 4. The van der Waals surface area contributed by atoms with Gasteiger partial charge < -0.3 is 10.6 Å². The zero-order valence-corrected chi connectivity index (χ0v) is 16.8. The summed E-state index contributed by atoms with van der Waals surface area (Å²) in [7, 11) is 0. The molecule has 1 fully saturated rings. The number of nitrogens with one attached hydrogen (secondary N) is 2. The Labute approximate surface area is 165 Å². The third kappa shape index (κ3) is 4.01. The second-order valence-corrected chi connectivity index (χ2v) is 8.15. The maximum Gasteiger partial charge on any atom is 0.325 e. The zero-order chi connectivity index (χ0) is 20.5. The molecule has 1 aliphatic heterocycles. The number of hydrogen-bond acceptors (Lipinski definition) is 3. The van der Waals surface area contributed by atoms with Crippen molar-refractivity contribution in [2.24, 2.45) is 5.92 Å². The highest BCUT2D eigenvalue weighted by atomic mass is 16.2. The van der Waals surface area contributed by atoms with Gasteiger partial charge in [-0.1, -0.05) is 50.2 Å². The van der Waals surface area contributed by atoms with Gasteiger partial charge in [0.1, 0.15) is 12.1 Å². The van der Waals surface area contributed by atoms with Crippen LogP contribution in [-0.4, -0.2) is 34.8 Å². The van der Waals surface area contributed by atoms with Crippen LogP contribution in [0.2, 0.25) is 0 Å². The van der Waals surface area contributed by atoms with E-state index in [1.165, 1.54) is 0 Å². The number of imide groups is 1. The van der Waals surface area contributed by atoms with E-state index in [1.807, 2.05) is 63.2 Å². The van der Waals surface area contributed by atoms with Crippen LogP contribution in [0.1, 0.15) is 45.7 Å². The quantitative estimate of drug-likeness (QED) is 0.753. The second kappa shape index (κ2) is 7.62. The monoisotopic (exact) mass is 381 g/mol. The summed E-state index contributed by atoms with van der Waals surface area (Å²) < 4.78 is 0. The SMILES string of the molecule is CC(C)CC1(C)NC(=O)N(CC(=O)NC(C)c2ccc3ccccc3c2)C1=O. The van der Waals surface area contributed by atoms with Gasteiger partial charge in [-0.2, -0.15) is 0 Å². The van der Waals surface area contributed by atoms with Gasteiger partial charge in [0, 0.05) is 0 Å². The van der Waals surface area contributed by atoms with Crippen LogP contribution in [0, 0.1) is 5.92 Å². The smallest absolute Gasteiger partial charge is 0.325 e. The van der Waals surface area contributed by atoms with Crippen molar-refractivity contribution in [2.75, 3.05) is 6.54 Å². The van der Waals surface area contributed by atoms with Crippen LogP contribution in [0.15, 0.2) is 42.5 Å². The normalized spacial score (nSPS) is 20.5. The molecule has 1 saturated heterocycles. The average molecular weight is 381 g/mol. The molecule has 3 rings (SSSR count). The fourth-order valence-electron chi connectivity index (χ4n) is 3.84. The fraction of sp³-hybridized carbons (Fsp3) is 0.409. The first-order valence-corrected chi connectivity index (χ1v) is 9.62. The lowest BCUT2D eigenvalue weighted by Crippen LogP contribution is -2.46. The molecule has 6 nitrogen and oxygen atoms in total. The Balaban J connectivity index is 1.66. The summed E-state index contributed by atoms with van der Waals surface area (Å²) in [6.07, 6.45) is 0.531. The topological polar surface area (TPSA) is 78.5 Å². The molecule has 148 valence electrons. The van der Waals surface area contributed by atoms with Gasteiger partial charge in [0.15, 0.2) is 0 Å². The summed E-state index contributed by atoms with van der Waals surface area (Å²) in [4.78, 5) is 38.4. The Kier molecular flexibility index (Phi) is 5.40. The molecule has 4 amide bonds. The number of nitrogens with zero attached hydrogens (tertiary/aromatic N) is 1. The largest absolute Gasteiger partial charge is 0.348 e. The van der Waals surface area contributed by atoms with E-state index in [2.05, 4.69) is 10.6 Å². The molecule has 28 heavy (non-hydrogen) atoms. The van der Waals surface area contributed by atoms with Crippen molar-refractivity contribution in [1.29, 1.82) is 0 Å². The average Bonchev–Trinajstić information content (AvgIpc) is 2.83. The molecule has 2 unspecified atom stereocenters. The van der Waals surface area contributed by atoms with Crippen molar-refractivity contribution in [3.05, 3.63) is 48.0 Å². The molecule has 2 N–H and O–H groups in total. The zero-order valence-electron chi connectivity index (χ0n) is 16.8. The van der Waals surface area contributed by atoms with Crippen LogP contribution in [0.3, 0.4) is 0 Å².